The summed E-state index contributed by atoms with van der Waals surface area (Å²) in [6, 6.07) is 2.43. The number of nitrogens with zero attached hydrogens (tertiary/aromatic N) is 2. The van der Waals surface area contributed by atoms with Crippen LogP contribution < -0.4 is 0 Å². The van der Waals surface area contributed by atoms with Crippen LogP contribution in [-0.2, 0) is 9.53 Å². The summed E-state index contributed by atoms with van der Waals surface area (Å²) in [7, 11) is 0. The zero-order chi connectivity index (χ0) is 14.4. The Balaban J connectivity index is 2.14. The molecule has 0 atom stereocenters. The lowest BCUT2D eigenvalue weighted by Crippen LogP contribution is -2.51. The van der Waals surface area contributed by atoms with Gasteiger partial charge in [0.25, 0.3) is 0 Å². The average Bonchev–Trinajstić information content (AvgIpc) is 2.53. The third-order valence-electron chi connectivity index (χ3n) is 4.59. The SMILES string of the molecule is N#CC1(C(=O)N(CCO)C2CCCCC2)CCOCC1. The Morgan fingerprint density at radius 1 is 1.30 bits per heavy atom. The number of nitriles is 1. The van der Waals surface area contributed by atoms with Crippen LogP contribution >= 0.6 is 0 Å². The second-order valence-electron chi connectivity index (χ2n) is 5.82. The predicted molar refractivity (Wildman–Crippen MR) is 73.8 cm³/mol. The quantitative estimate of drug-likeness (QED) is 0.846. The van der Waals surface area contributed by atoms with Crippen LogP contribution in [0.25, 0.3) is 0 Å². The molecular formula is C15H24N2O3. The lowest BCUT2D eigenvalue weighted by atomic mass is 9.79. The normalized spacial score (nSPS) is 23.0. The molecule has 1 aliphatic carbocycles. The topological polar surface area (TPSA) is 73.6 Å². The van der Waals surface area contributed by atoms with Crippen LogP contribution in [0.4, 0.5) is 0 Å². The first-order valence-electron chi connectivity index (χ1n) is 7.64. The molecule has 0 unspecified atom stereocenters. The van der Waals surface area contributed by atoms with Gasteiger partial charge in [-0.15, -0.1) is 0 Å². The van der Waals surface area contributed by atoms with Crippen molar-refractivity contribution in [1.82, 2.24) is 4.90 Å². The molecule has 112 valence electrons. The number of carbonyl (C=O) groups is 1. The fourth-order valence-corrected chi connectivity index (χ4v) is 3.32. The first kappa shape index (κ1) is 15.3. The summed E-state index contributed by atoms with van der Waals surface area (Å²) in [5, 5.41) is 18.8. The Morgan fingerprint density at radius 3 is 2.50 bits per heavy atom. The summed E-state index contributed by atoms with van der Waals surface area (Å²) in [6.07, 6.45) is 6.39. The standard InChI is InChI=1S/C15H24N2O3/c16-12-15(6-10-20-11-7-15)14(19)17(8-9-18)13-4-2-1-3-5-13/h13,18H,1-11H2. The van der Waals surface area contributed by atoms with Crippen LogP contribution in [0.5, 0.6) is 0 Å². The Morgan fingerprint density at radius 2 is 1.95 bits per heavy atom. The van der Waals surface area contributed by atoms with E-state index in [0.29, 0.717) is 32.6 Å². The molecule has 2 aliphatic rings. The first-order valence-corrected chi connectivity index (χ1v) is 7.64. The van der Waals surface area contributed by atoms with Crippen molar-refractivity contribution in [2.24, 2.45) is 5.41 Å². The van der Waals surface area contributed by atoms with Crippen molar-refractivity contribution in [2.75, 3.05) is 26.4 Å². The molecule has 1 saturated heterocycles. The van der Waals surface area contributed by atoms with Gasteiger partial charge in [-0.05, 0) is 25.7 Å². The van der Waals surface area contributed by atoms with Crippen LogP contribution in [0, 0.1) is 16.7 Å². The summed E-state index contributed by atoms with van der Waals surface area (Å²) in [5.41, 5.74) is -0.940. The van der Waals surface area contributed by atoms with E-state index in [0.717, 1.165) is 25.7 Å². The minimum absolute atomic E-state index is 0.0414. The van der Waals surface area contributed by atoms with Crippen LogP contribution in [-0.4, -0.2) is 48.3 Å². The molecule has 5 heteroatoms. The number of rotatable bonds is 4. The fourth-order valence-electron chi connectivity index (χ4n) is 3.32. The van der Waals surface area contributed by atoms with Crippen molar-refractivity contribution in [2.45, 2.75) is 51.0 Å². The van der Waals surface area contributed by atoms with Gasteiger partial charge in [0.2, 0.25) is 5.91 Å². The minimum atomic E-state index is -0.940. The number of amides is 1. The first-order chi connectivity index (χ1) is 9.73. The van der Waals surface area contributed by atoms with Crippen LogP contribution in [0.2, 0.25) is 0 Å². The maximum Gasteiger partial charge on any atom is 0.243 e. The number of hydrogen-bond donors (Lipinski definition) is 1. The van der Waals surface area contributed by atoms with Gasteiger partial charge < -0.3 is 14.7 Å². The smallest absolute Gasteiger partial charge is 0.243 e. The van der Waals surface area contributed by atoms with E-state index < -0.39 is 5.41 Å². The van der Waals surface area contributed by atoms with E-state index in [9.17, 15) is 15.2 Å². The van der Waals surface area contributed by atoms with Gasteiger partial charge in [0.05, 0.1) is 12.7 Å². The average molecular weight is 280 g/mol. The number of aliphatic hydroxyl groups excluding tert-OH is 1. The molecule has 0 bridgehead atoms. The third-order valence-corrected chi connectivity index (χ3v) is 4.59. The minimum Gasteiger partial charge on any atom is -0.395 e. The van der Waals surface area contributed by atoms with Gasteiger partial charge >= 0.3 is 0 Å². The Labute approximate surface area is 120 Å². The van der Waals surface area contributed by atoms with E-state index >= 15 is 0 Å². The Hall–Kier alpha value is -1.12. The number of aliphatic hydroxyl groups is 1. The number of ether oxygens (including phenoxy) is 1. The van der Waals surface area contributed by atoms with Gasteiger partial charge in [-0.2, -0.15) is 5.26 Å². The molecule has 1 amide bonds. The van der Waals surface area contributed by atoms with Gasteiger partial charge in [-0.1, -0.05) is 19.3 Å². The molecule has 1 N–H and O–H groups in total. The maximum absolute atomic E-state index is 12.9. The lowest BCUT2D eigenvalue weighted by Gasteiger charge is -2.40. The van der Waals surface area contributed by atoms with E-state index in [2.05, 4.69) is 6.07 Å². The molecular weight excluding hydrogens is 256 g/mol. The van der Waals surface area contributed by atoms with Crippen molar-refractivity contribution in [3.63, 3.8) is 0 Å². The molecule has 0 aromatic carbocycles. The van der Waals surface area contributed by atoms with Crippen LogP contribution in [0.3, 0.4) is 0 Å². The van der Waals surface area contributed by atoms with Crippen LogP contribution in [0.15, 0.2) is 0 Å². The molecule has 5 nitrogen and oxygen atoms in total. The molecule has 1 saturated carbocycles. The van der Waals surface area contributed by atoms with E-state index in [1.165, 1.54) is 6.42 Å². The molecule has 0 aromatic heterocycles. The highest BCUT2D eigenvalue weighted by Gasteiger charge is 2.44. The van der Waals surface area contributed by atoms with Crippen molar-refractivity contribution in [3.05, 3.63) is 0 Å². The fraction of sp³-hybridized carbons (Fsp3) is 0.867. The number of carbonyl (C=O) groups excluding carboxylic acids is 1. The number of hydrogen-bond acceptors (Lipinski definition) is 4. The molecule has 0 radical (unpaired) electrons. The lowest BCUT2D eigenvalue weighted by molar-refractivity contribution is -0.147. The van der Waals surface area contributed by atoms with Crippen molar-refractivity contribution >= 4 is 5.91 Å². The van der Waals surface area contributed by atoms with Gasteiger partial charge in [0, 0.05) is 25.8 Å². The predicted octanol–water partition coefficient (Wildman–Crippen LogP) is 1.46. The summed E-state index contributed by atoms with van der Waals surface area (Å²) in [6.45, 7) is 1.24. The highest BCUT2D eigenvalue weighted by Crippen LogP contribution is 2.34. The zero-order valence-electron chi connectivity index (χ0n) is 12.0. The van der Waals surface area contributed by atoms with E-state index in [4.69, 9.17) is 4.74 Å². The van der Waals surface area contributed by atoms with Gasteiger partial charge in [0.15, 0.2) is 0 Å². The summed E-state index contributed by atoms with van der Waals surface area (Å²) in [5.74, 6) is -0.0933. The largest absolute Gasteiger partial charge is 0.395 e. The molecule has 1 aliphatic heterocycles. The summed E-state index contributed by atoms with van der Waals surface area (Å²) < 4.78 is 5.29. The second-order valence-corrected chi connectivity index (χ2v) is 5.82. The summed E-state index contributed by atoms with van der Waals surface area (Å²) in [4.78, 5) is 14.6. The highest BCUT2D eigenvalue weighted by molar-refractivity contribution is 5.86. The van der Waals surface area contributed by atoms with Crippen molar-refractivity contribution in [1.29, 1.82) is 5.26 Å². The molecule has 1 heterocycles. The van der Waals surface area contributed by atoms with Gasteiger partial charge in [-0.25, -0.2) is 0 Å². The molecule has 0 spiro atoms. The second kappa shape index (κ2) is 7.05. The van der Waals surface area contributed by atoms with Gasteiger partial charge in [-0.3, -0.25) is 4.79 Å². The Kier molecular flexibility index (Phi) is 5.38. The zero-order valence-corrected chi connectivity index (χ0v) is 12.0. The van der Waals surface area contributed by atoms with E-state index in [1.807, 2.05) is 0 Å². The van der Waals surface area contributed by atoms with E-state index in [-0.39, 0.29) is 18.6 Å². The molecule has 2 rings (SSSR count). The maximum atomic E-state index is 12.9. The molecule has 2 fully saturated rings. The molecule has 20 heavy (non-hydrogen) atoms. The highest BCUT2D eigenvalue weighted by atomic mass is 16.5. The summed E-state index contributed by atoms with van der Waals surface area (Å²) >= 11 is 0. The third kappa shape index (κ3) is 3.13. The van der Waals surface area contributed by atoms with Gasteiger partial charge in [0.1, 0.15) is 5.41 Å². The monoisotopic (exact) mass is 280 g/mol. The van der Waals surface area contributed by atoms with E-state index in [1.54, 1.807) is 4.90 Å². The van der Waals surface area contributed by atoms with Crippen molar-refractivity contribution < 1.29 is 14.6 Å². The Bertz CT molecular complexity index is 366. The van der Waals surface area contributed by atoms with Crippen LogP contribution in [0.1, 0.15) is 44.9 Å². The van der Waals surface area contributed by atoms with Crippen molar-refractivity contribution in [3.8, 4) is 6.07 Å². The molecule has 0 aromatic rings.